The summed E-state index contributed by atoms with van der Waals surface area (Å²) in [6.07, 6.45) is 1.49. The summed E-state index contributed by atoms with van der Waals surface area (Å²) < 4.78 is 10.9. The molecule has 5 nitrogen and oxygen atoms in total. The average Bonchev–Trinajstić information content (AvgIpc) is 2.49. The van der Waals surface area contributed by atoms with E-state index in [4.69, 9.17) is 9.47 Å². The third-order valence-corrected chi connectivity index (χ3v) is 3.14. The van der Waals surface area contributed by atoms with Gasteiger partial charge in [0.25, 0.3) is 0 Å². The molecule has 0 fully saturated rings. The third-order valence-electron chi connectivity index (χ3n) is 3.14. The molecule has 1 unspecified atom stereocenters. The van der Waals surface area contributed by atoms with Crippen molar-refractivity contribution in [3.63, 3.8) is 0 Å². The number of nitrogens with zero attached hydrogens (tertiary/aromatic N) is 2. The second-order valence-electron chi connectivity index (χ2n) is 5.03. The predicted molar refractivity (Wildman–Crippen MR) is 83.1 cm³/mol. The normalized spacial score (nSPS) is 11.8. The van der Waals surface area contributed by atoms with Crippen molar-refractivity contribution in [3.8, 4) is 11.6 Å². The highest BCUT2D eigenvalue weighted by Crippen LogP contribution is 2.20. The molecule has 0 aliphatic heterocycles. The van der Waals surface area contributed by atoms with Gasteiger partial charge in [-0.25, -0.2) is 9.97 Å². The summed E-state index contributed by atoms with van der Waals surface area (Å²) in [7, 11) is 1.60. The molecule has 0 aliphatic carbocycles. The van der Waals surface area contributed by atoms with Crippen LogP contribution in [-0.4, -0.2) is 29.7 Å². The fourth-order valence-corrected chi connectivity index (χ4v) is 1.92. The average molecular weight is 287 g/mol. The van der Waals surface area contributed by atoms with Crippen molar-refractivity contribution in [3.05, 3.63) is 41.7 Å². The first kappa shape index (κ1) is 15.1. The first-order valence-electron chi connectivity index (χ1n) is 6.91. The molecule has 1 aromatic heterocycles. The van der Waals surface area contributed by atoms with Crippen LogP contribution in [0, 0.1) is 13.8 Å². The summed E-state index contributed by atoms with van der Waals surface area (Å²) in [5, 5.41) is 3.31. The summed E-state index contributed by atoms with van der Waals surface area (Å²) in [4.78, 5) is 8.30. The van der Waals surface area contributed by atoms with Gasteiger partial charge in [-0.1, -0.05) is 17.7 Å². The van der Waals surface area contributed by atoms with E-state index in [0.29, 0.717) is 12.5 Å². The number of aromatic nitrogens is 2. The number of nitrogens with one attached hydrogen (secondary N) is 1. The standard InChI is InChI=1S/C16H21N3O2/c1-11-5-7-14(8-6-11)21-9-12(2)19-15-13(3)16(20-4)18-10-17-15/h5-8,10,12H,9H2,1-4H3,(H,17,18,19). The number of anilines is 1. The van der Waals surface area contributed by atoms with Crippen molar-refractivity contribution in [2.75, 3.05) is 19.0 Å². The van der Waals surface area contributed by atoms with E-state index >= 15 is 0 Å². The van der Waals surface area contributed by atoms with Crippen LogP contribution < -0.4 is 14.8 Å². The topological polar surface area (TPSA) is 56.3 Å². The highest BCUT2D eigenvalue weighted by atomic mass is 16.5. The molecule has 1 atom stereocenters. The molecule has 0 radical (unpaired) electrons. The molecule has 5 heteroatoms. The molecule has 0 saturated carbocycles. The summed E-state index contributed by atoms with van der Waals surface area (Å²) in [5.74, 6) is 2.22. The Hall–Kier alpha value is -2.30. The van der Waals surface area contributed by atoms with E-state index in [2.05, 4.69) is 22.2 Å². The number of methoxy groups -OCH3 is 1. The minimum Gasteiger partial charge on any atom is -0.491 e. The Bertz CT molecular complexity index is 585. The van der Waals surface area contributed by atoms with Crippen molar-refractivity contribution in [2.45, 2.75) is 26.8 Å². The van der Waals surface area contributed by atoms with Gasteiger partial charge in [-0.2, -0.15) is 0 Å². The van der Waals surface area contributed by atoms with Crippen LogP contribution in [0.25, 0.3) is 0 Å². The summed E-state index contributed by atoms with van der Waals surface area (Å²) in [6.45, 7) is 6.57. The maximum absolute atomic E-state index is 5.75. The lowest BCUT2D eigenvalue weighted by Crippen LogP contribution is -2.24. The van der Waals surface area contributed by atoms with Gasteiger partial charge in [0.05, 0.1) is 18.7 Å². The Balaban J connectivity index is 1.92. The van der Waals surface area contributed by atoms with E-state index < -0.39 is 0 Å². The second kappa shape index (κ2) is 6.92. The van der Waals surface area contributed by atoms with E-state index in [1.54, 1.807) is 7.11 Å². The smallest absolute Gasteiger partial charge is 0.221 e. The van der Waals surface area contributed by atoms with Crippen LogP contribution >= 0.6 is 0 Å². The van der Waals surface area contributed by atoms with Crippen LogP contribution in [0.5, 0.6) is 11.6 Å². The zero-order valence-corrected chi connectivity index (χ0v) is 12.9. The molecule has 21 heavy (non-hydrogen) atoms. The van der Waals surface area contributed by atoms with Crippen LogP contribution in [0.15, 0.2) is 30.6 Å². The minimum atomic E-state index is 0.115. The zero-order chi connectivity index (χ0) is 15.2. The van der Waals surface area contributed by atoms with Crippen LogP contribution in [-0.2, 0) is 0 Å². The fourth-order valence-electron chi connectivity index (χ4n) is 1.92. The fraction of sp³-hybridized carbons (Fsp3) is 0.375. The SMILES string of the molecule is COc1ncnc(NC(C)COc2ccc(C)cc2)c1C. The van der Waals surface area contributed by atoms with Crippen molar-refractivity contribution < 1.29 is 9.47 Å². The van der Waals surface area contributed by atoms with Crippen LogP contribution in [0.3, 0.4) is 0 Å². The number of benzene rings is 1. The second-order valence-corrected chi connectivity index (χ2v) is 5.03. The Morgan fingerprint density at radius 2 is 1.86 bits per heavy atom. The van der Waals surface area contributed by atoms with Crippen molar-refractivity contribution in [1.82, 2.24) is 9.97 Å². The largest absolute Gasteiger partial charge is 0.491 e. The summed E-state index contributed by atoms with van der Waals surface area (Å²) in [5.41, 5.74) is 2.11. The lowest BCUT2D eigenvalue weighted by Gasteiger charge is -2.17. The molecule has 112 valence electrons. The van der Waals surface area contributed by atoms with Gasteiger partial charge >= 0.3 is 0 Å². The van der Waals surface area contributed by atoms with Gasteiger partial charge in [0.1, 0.15) is 24.5 Å². The monoisotopic (exact) mass is 287 g/mol. The van der Waals surface area contributed by atoms with Crippen molar-refractivity contribution in [1.29, 1.82) is 0 Å². The molecule has 1 aromatic carbocycles. The van der Waals surface area contributed by atoms with Gasteiger partial charge in [-0.05, 0) is 32.9 Å². The highest BCUT2D eigenvalue weighted by Gasteiger charge is 2.10. The molecule has 1 N–H and O–H groups in total. The first-order valence-corrected chi connectivity index (χ1v) is 6.91. The lowest BCUT2D eigenvalue weighted by atomic mass is 10.2. The molecule has 0 spiro atoms. The number of hydrogen-bond acceptors (Lipinski definition) is 5. The summed E-state index contributed by atoms with van der Waals surface area (Å²) in [6, 6.07) is 8.13. The van der Waals surface area contributed by atoms with Gasteiger partial charge in [0, 0.05) is 0 Å². The van der Waals surface area contributed by atoms with E-state index in [0.717, 1.165) is 17.1 Å². The molecule has 0 aliphatic rings. The van der Waals surface area contributed by atoms with E-state index in [9.17, 15) is 0 Å². The van der Waals surface area contributed by atoms with Crippen LogP contribution in [0.1, 0.15) is 18.1 Å². The number of rotatable bonds is 6. The molecule has 2 aromatic rings. The van der Waals surface area contributed by atoms with Gasteiger partial charge in [0.15, 0.2) is 0 Å². The first-order chi connectivity index (χ1) is 10.1. The van der Waals surface area contributed by atoms with E-state index in [1.165, 1.54) is 11.9 Å². The van der Waals surface area contributed by atoms with Gasteiger partial charge in [0.2, 0.25) is 5.88 Å². The maximum Gasteiger partial charge on any atom is 0.221 e. The van der Waals surface area contributed by atoms with E-state index in [1.807, 2.05) is 38.1 Å². The highest BCUT2D eigenvalue weighted by molar-refractivity contribution is 5.48. The van der Waals surface area contributed by atoms with Gasteiger partial charge in [-0.15, -0.1) is 0 Å². The van der Waals surface area contributed by atoms with E-state index in [-0.39, 0.29) is 6.04 Å². The Morgan fingerprint density at radius 3 is 2.52 bits per heavy atom. The predicted octanol–water partition coefficient (Wildman–Crippen LogP) is 2.98. The number of aryl methyl sites for hydroxylation is 1. The molecule has 0 bridgehead atoms. The van der Waals surface area contributed by atoms with Gasteiger partial charge < -0.3 is 14.8 Å². The van der Waals surface area contributed by atoms with Gasteiger partial charge in [-0.3, -0.25) is 0 Å². The number of hydrogen-bond donors (Lipinski definition) is 1. The quantitative estimate of drug-likeness (QED) is 0.885. The van der Waals surface area contributed by atoms with Crippen molar-refractivity contribution >= 4 is 5.82 Å². The summed E-state index contributed by atoms with van der Waals surface area (Å²) >= 11 is 0. The number of ether oxygens (including phenoxy) is 2. The molecule has 0 saturated heterocycles. The molecular weight excluding hydrogens is 266 g/mol. The maximum atomic E-state index is 5.75. The third kappa shape index (κ3) is 4.08. The molecule has 2 rings (SSSR count). The van der Waals surface area contributed by atoms with Crippen LogP contribution in [0.4, 0.5) is 5.82 Å². The Labute approximate surface area is 125 Å². The van der Waals surface area contributed by atoms with Crippen LogP contribution in [0.2, 0.25) is 0 Å². The zero-order valence-electron chi connectivity index (χ0n) is 12.9. The molecular formula is C16H21N3O2. The Morgan fingerprint density at radius 1 is 1.14 bits per heavy atom. The molecule has 1 heterocycles. The minimum absolute atomic E-state index is 0.115. The lowest BCUT2D eigenvalue weighted by molar-refractivity contribution is 0.303. The molecule has 0 amide bonds. The van der Waals surface area contributed by atoms with Crippen molar-refractivity contribution in [2.24, 2.45) is 0 Å². The Kier molecular flexibility index (Phi) is 4.98.